The van der Waals surface area contributed by atoms with Crippen LogP contribution in [0.1, 0.15) is 22.8 Å². The first-order valence-corrected chi connectivity index (χ1v) is 7.56. The minimum absolute atomic E-state index is 0.0951. The van der Waals surface area contributed by atoms with Crippen molar-refractivity contribution >= 4 is 11.7 Å². The molecule has 6 heteroatoms. The van der Waals surface area contributed by atoms with E-state index in [1.165, 1.54) is 6.07 Å². The number of hydrogen-bond acceptors (Lipinski definition) is 3. The van der Waals surface area contributed by atoms with Gasteiger partial charge >= 0.3 is 12.1 Å². The van der Waals surface area contributed by atoms with E-state index in [2.05, 4.69) is 0 Å². The summed E-state index contributed by atoms with van der Waals surface area (Å²) in [5.41, 5.74) is 0.197. The number of alkyl halides is 3. The molecule has 3 nitrogen and oxygen atoms in total. The van der Waals surface area contributed by atoms with Gasteiger partial charge < -0.3 is 9.64 Å². The van der Waals surface area contributed by atoms with Gasteiger partial charge in [0, 0.05) is 12.2 Å². The summed E-state index contributed by atoms with van der Waals surface area (Å²) in [6.07, 6.45) is -4.38. The molecule has 0 aromatic heterocycles. The van der Waals surface area contributed by atoms with Crippen molar-refractivity contribution in [3.8, 4) is 0 Å². The van der Waals surface area contributed by atoms with E-state index in [4.69, 9.17) is 4.74 Å². The Kier molecular flexibility index (Phi) is 5.84. The van der Waals surface area contributed by atoms with Crippen LogP contribution in [0.4, 0.5) is 18.9 Å². The highest BCUT2D eigenvalue weighted by Gasteiger charge is 2.30. The van der Waals surface area contributed by atoms with E-state index >= 15 is 0 Å². The molecule has 0 spiro atoms. The molecule has 0 unspecified atom stereocenters. The second-order valence-electron chi connectivity index (χ2n) is 5.13. The van der Waals surface area contributed by atoms with E-state index < -0.39 is 17.7 Å². The predicted octanol–water partition coefficient (Wildman–Crippen LogP) is 4.39. The Morgan fingerprint density at radius 1 is 1.08 bits per heavy atom. The van der Waals surface area contributed by atoms with Crippen molar-refractivity contribution in [2.45, 2.75) is 13.1 Å². The number of halogens is 3. The molecule has 0 aliphatic carbocycles. The highest BCUT2D eigenvalue weighted by atomic mass is 19.4. The lowest BCUT2D eigenvalue weighted by atomic mass is 10.2. The highest BCUT2D eigenvalue weighted by molar-refractivity contribution is 5.89. The zero-order valence-electron chi connectivity index (χ0n) is 13.2. The van der Waals surface area contributed by atoms with Crippen LogP contribution in [0, 0.1) is 0 Å². The van der Waals surface area contributed by atoms with Gasteiger partial charge in [-0.2, -0.15) is 13.2 Å². The summed E-state index contributed by atoms with van der Waals surface area (Å²) in [6.45, 7) is 2.75. The summed E-state index contributed by atoms with van der Waals surface area (Å²) in [6, 6.07) is 13.7. The zero-order chi connectivity index (χ0) is 17.6. The molecule has 128 valence electrons. The van der Waals surface area contributed by atoms with Crippen molar-refractivity contribution in [2.24, 2.45) is 0 Å². The van der Waals surface area contributed by atoms with Gasteiger partial charge in [0.15, 0.2) is 0 Å². The molecule has 0 aliphatic heterocycles. The van der Waals surface area contributed by atoms with Crippen LogP contribution in [0.3, 0.4) is 0 Å². The van der Waals surface area contributed by atoms with E-state index in [-0.39, 0.29) is 6.61 Å². The Bertz CT molecular complexity index is 671. The van der Waals surface area contributed by atoms with Crippen LogP contribution in [-0.4, -0.2) is 25.7 Å². The van der Waals surface area contributed by atoms with Crippen LogP contribution in [0.15, 0.2) is 54.6 Å². The second kappa shape index (κ2) is 7.86. The monoisotopic (exact) mass is 337 g/mol. The lowest BCUT2D eigenvalue weighted by Crippen LogP contribution is -2.28. The van der Waals surface area contributed by atoms with Gasteiger partial charge in [0.05, 0.1) is 17.7 Å². The van der Waals surface area contributed by atoms with E-state index in [0.717, 1.165) is 12.1 Å². The Labute approximate surface area is 138 Å². The second-order valence-corrected chi connectivity index (χ2v) is 5.13. The Morgan fingerprint density at radius 2 is 1.79 bits per heavy atom. The summed E-state index contributed by atoms with van der Waals surface area (Å²) >= 11 is 0. The Balaban J connectivity index is 1.96. The third-order valence-electron chi connectivity index (χ3n) is 3.52. The van der Waals surface area contributed by atoms with Gasteiger partial charge in [-0.1, -0.05) is 24.3 Å². The van der Waals surface area contributed by atoms with Crippen LogP contribution >= 0.6 is 0 Å². The average Bonchev–Trinajstić information content (AvgIpc) is 2.58. The molecule has 24 heavy (non-hydrogen) atoms. The SMILES string of the molecule is CCN(CCOC(=O)c1ccccc1)c1cccc(C(F)(F)F)c1. The van der Waals surface area contributed by atoms with Crippen molar-refractivity contribution in [1.29, 1.82) is 0 Å². The number of anilines is 1. The number of nitrogens with zero attached hydrogens (tertiary/aromatic N) is 1. The van der Waals surface area contributed by atoms with E-state index in [1.807, 2.05) is 6.92 Å². The summed E-state index contributed by atoms with van der Waals surface area (Å²) in [7, 11) is 0. The van der Waals surface area contributed by atoms with E-state index in [0.29, 0.717) is 24.3 Å². The number of rotatable bonds is 6. The summed E-state index contributed by atoms with van der Waals surface area (Å²) in [4.78, 5) is 13.6. The number of hydrogen-bond donors (Lipinski definition) is 0. The summed E-state index contributed by atoms with van der Waals surface area (Å²) < 4.78 is 43.6. The smallest absolute Gasteiger partial charge is 0.416 e. The topological polar surface area (TPSA) is 29.5 Å². The number of ether oxygens (including phenoxy) is 1. The third kappa shape index (κ3) is 4.75. The van der Waals surface area contributed by atoms with Crippen LogP contribution in [0.2, 0.25) is 0 Å². The summed E-state index contributed by atoms with van der Waals surface area (Å²) in [5, 5.41) is 0. The molecule has 2 rings (SSSR count). The van der Waals surface area contributed by atoms with Gasteiger partial charge in [0.2, 0.25) is 0 Å². The molecule has 2 aromatic rings. The number of esters is 1. The molecule has 0 heterocycles. The van der Waals surface area contributed by atoms with Gasteiger partial charge in [0.1, 0.15) is 6.61 Å². The minimum atomic E-state index is -4.38. The molecule has 0 atom stereocenters. The van der Waals surface area contributed by atoms with Gasteiger partial charge in [-0.25, -0.2) is 4.79 Å². The van der Waals surface area contributed by atoms with E-state index in [1.54, 1.807) is 41.3 Å². The molecule has 0 bridgehead atoms. The first kappa shape index (κ1) is 17.8. The van der Waals surface area contributed by atoms with Crippen LogP contribution < -0.4 is 4.90 Å². The van der Waals surface area contributed by atoms with Crippen LogP contribution in [0.5, 0.6) is 0 Å². The Morgan fingerprint density at radius 3 is 2.42 bits per heavy atom. The standard InChI is InChI=1S/C18H18F3NO2/c1-2-22(16-10-6-9-15(13-16)18(19,20)21)11-12-24-17(23)14-7-4-3-5-8-14/h3-10,13H,2,11-12H2,1H3. The predicted molar refractivity (Wildman–Crippen MR) is 86.1 cm³/mol. The van der Waals surface area contributed by atoms with Gasteiger partial charge in [0.25, 0.3) is 0 Å². The number of likely N-dealkylation sites (N-methyl/N-ethyl adjacent to an activating group) is 1. The van der Waals surface area contributed by atoms with Crippen molar-refractivity contribution in [3.63, 3.8) is 0 Å². The molecule has 0 saturated heterocycles. The normalized spacial score (nSPS) is 11.2. The molecule has 0 aliphatic rings. The fourth-order valence-electron chi connectivity index (χ4n) is 2.25. The maximum Gasteiger partial charge on any atom is 0.416 e. The Hall–Kier alpha value is -2.50. The fraction of sp³-hybridized carbons (Fsp3) is 0.278. The molecule has 0 N–H and O–H groups in total. The minimum Gasteiger partial charge on any atom is -0.460 e. The lowest BCUT2D eigenvalue weighted by Gasteiger charge is -2.23. The molecule has 0 fully saturated rings. The lowest BCUT2D eigenvalue weighted by molar-refractivity contribution is -0.137. The van der Waals surface area contributed by atoms with Gasteiger partial charge in [-0.3, -0.25) is 0 Å². The van der Waals surface area contributed by atoms with Crippen molar-refractivity contribution in [2.75, 3.05) is 24.6 Å². The maximum absolute atomic E-state index is 12.8. The van der Waals surface area contributed by atoms with E-state index in [9.17, 15) is 18.0 Å². The average molecular weight is 337 g/mol. The summed E-state index contributed by atoms with van der Waals surface area (Å²) in [5.74, 6) is -0.448. The quantitative estimate of drug-likeness (QED) is 0.732. The highest BCUT2D eigenvalue weighted by Crippen LogP contribution is 2.31. The third-order valence-corrected chi connectivity index (χ3v) is 3.52. The molecule has 0 saturated carbocycles. The van der Waals surface area contributed by atoms with Gasteiger partial charge in [-0.05, 0) is 37.3 Å². The number of carbonyl (C=O) groups excluding carboxylic acids is 1. The molecule has 0 radical (unpaired) electrons. The first-order chi connectivity index (χ1) is 11.4. The van der Waals surface area contributed by atoms with Crippen molar-refractivity contribution < 1.29 is 22.7 Å². The maximum atomic E-state index is 12.8. The molecule has 2 aromatic carbocycles. The van der Waals surface area contributed by atoms with Gasteiger partial charge in [-0.15, -0.1) is 0 Å². The van der Waals surface area contributed by atoms with Crippen molar-refractivity contribution in [3.05, 3.63) is 65.7 Å². The molecule has 0 amide bonds. The van der Waals surface area contributed by atoms with Crippen molar-refractivity contribution in [1.82, 2.24) is 0 Å². The van der Waals surface area contributed by atoms with Crippen LogP contribution in [0.25, 0.3) is 0 Å². The fourth-order valence-corrected chi connectivity index (χ4v) is 2.25. The molecular weight excluding hydrogens is 319 g/mol. The largest absolute Gasteiger partial charge is 0.460 e. The zero-order valence-corrected chi connectivity index (χ0v) is 13.2. The number of carbonyl (C=O) groups is 1. The van der Waals surface area contributed by atoms with Crippen LogP contribution in [-0.2, 0) is 10.9 Å². The molecular formula is C18H18F3NO2. The first-order valence-electron chi connectivity index (χ1n) is 7.56. The number of benzene rings is 2.